The van der Waals surface area contributed by atoms with Crippen molar-refractivity contribution in [2.75, 3.05) is 13.7 Å². The van der Waals surface area contributed by atoms with Crippen LogP contribution < -0.4 is 10.1 Å². The number of hydrogen-bond acceptors (Lipinski definition) is 5. The van der Waals surface area contributed by atoms with Gasteiger partial charge in [0.2, 0.25) is 0 Å². The number of nitrogens with zero attached hydrogens (tertiary/aromatic N) is 4. The molecular weight excluding hydrogens is 254 g/mol. The number of methoxy groups -OCH3 is 1. The first-order valence-electron chi connectivity index (χ1n) is 6.75. The van der Waals surface area contributed by atoms with E-state index in [-0.39, 0.29) is 6.04 Å². The van der Waals surface area contributed by atoms with E-state index < -0.39 is 0 Å². The fourth-order valence-corrected chi connectivity index (χ4v) is 2.09. The van der Waals surface area contributed by atoms with Crippen LogP contribution in [0.4, 0.5) is 0 Å². The van der Waals surface area contributed by atoms with E-state index in [2.05, 4.69) is 27.3 Å². The zero-order valence-electron chi connectivity index (χ0n) is 12.4. The Balaban J connectivity index is 2.41. The second kappa shape index (κ2) is 6.47. The number of aromatic nitrogens is 4. The van der Waals surface area contributed by atoms with E-state index in [0.717, 1.165) is 35.8 Å². The Kier molecular flexibility index (Phi) is 4.68. The monoisotopic (exact) mass is 275 g/mol. The van der Waals surface area contributed by atoms with Gasteiger partial charge >= 0.3 is 0 Å². The molecule has 0 fully saturated rings. The molecule has 0 aliphatic heterocycles. The van der Waals surface area contributed by atoms with Crippen LogP contribution in [0.1, 0.15) is 36.5 Å². The van der Waals surface area contributed by atoms with Gasteiger partial charge in [0.15, 0.2) is 5.75 Å². The summed E-state index contributed by atoms with van der Waals surface area (Å²) in [4.78, 5) is 8.81. The molecule has 108 valence electrons. The highest BCUT2D eigenvalue weighted by Gasteiger charge is 2.23. The molecule has 6 heteroatoms. The molecule has 0 aliphatic carbocycles. The molecule has 1 atom stereocenters. The lowest BCUT2D eigenvalue weighted by molar-refractivity contribution is 0.399. The zero-order chi connectivity index (χ0) is 14.5. The van der Waals surface area contributed by atoms with Gasteiger partial charge in [-0.1, -0.05) is 6.92 Å². The first-order chi connectivity index (χ1) is 9.67. The summed E-state index contributed by atoms with van der Waals surface area (Å²) in [7, 11) is 3.55. The predicted octanol–water partition coefficient (Wildman–Crippen LogP) is 1.62. The SMILES string of the molecule is CCCNC(c1cnc(C)cn1)c1c(OC)cnn1C. The molecule has 2 aromatic heterocycles. The fraction of sp³-hybridized carbons (Fsp3) is 0.500. The van der Waals surface area contributed by atoms with Gasteiger partial charge in [-0.15, -0.1) is 0 Å². The molecule has 0 aromatic carbocycles. The summed E-state index contributed by atoms with van der Waals surface area (Å²) in [5.74, 6) is 0.753. The normalized spacial score (nSPS) is 12.4. The number of nitrogens with one attached hydrogen (secondary N) is 1. The van der Waals surface area contributed by atoms with Crippen LogP contribution in [0, 0.1) is 6.92 Å². The van der Waals surface area contributed by atoms with Crippen molar-refractivity contribution in [3.63, 3.8) is 0 Å². The van der Waals surface area contributed by atoms with Crippen molar-refractivity contribution in [3.05, 3.63) is 35.7 Å². The lowest BCUT2D eigenvalue weighted by Crippen LogP contribution is -2.26. The van der Waals surface area contributed by atoms with E-state index in [9.17, 15) is 0 Å². The van der Waals surface area contributed by atoms with E-state index >= 15 is 0 Å². The van der Waals surface area contributed by atoms with Crippen LogP contribution in [0.5, 0.6) is 5.75 Å². The summed E-state index contributed by atoms with van der Waals surface area (Å²) >= 11 is 0. The van der Waals surface area contributed by atoms with Crippen LogP contribution >= 0.6 is 0 Å². The standard InChI is InChI=1S/C14H21N5O/c1-5-6-15-13(11-8-16-10(2)7-17-11)14-12(20-4)9-18-19(14)3/h7-9,13,15H,5-6H2,1-4H3. The molecule has 0 saturated carbocycles. The first-order valence-corrected chi connectivity index (χ1v) is 6.75. The molecule has 0 saturated heterocycles. The minimum atomic E-state index is -0.0782. The maximum atomic E-state index is 5.40. The Hall–Kier alpha value is -1.95. The molecule has 2 aromatic rings. The smallest absolute Gasteiger partial charge is 0.161 e. The lowest BCUT2D eigenvalue weighted by atomic mass is 10.1. The number of aryl methyl sites for hydroxylation is 2. The third kappa shape index (κ3) is 2.96. The summed E-state index contributed by atoms with van der Waals surface area (Å²) in [6.07, 6.45) is 6.33. The molecule has 0 radical (unpaired) electrons. The molecule has 0 spiro atoms. The van der Waals surface area contributed by atoms with Gasteiger partial charge in [-0.05, 0) is 19.9 Å². The summed E-state index contributed by atoms with van der Waals surface area (Å²) < 4.78 is 7.21. The van der Waals surface area contributed by atoms with Gasteiger partial charge in [0.25, 0.3) is 0 Å². The Morgan fingerprint density at radius 3 is 2.70 bits per heavy atom. The minimum absolute atomic E-state index is 0.0782. The van der Waals surface area contributed by atoms with Crippen LogP contribution in [-0.2, 0) is 7.05 Å². The van der Waals surface area contributed by atoms with Gasteiger partial charge in [-0.2, -0.15) is 5.10 Å². The van der Waals surface area contributed by atoms with Crippen molar-refractivity contribution >= 4 is 0 Å². The van der Waals surface area contributed by atoms with Crippen LogP contribution in [0.25, 0.3) is 0 Å². The molecule has 2 rings (SSSR count). The average molecular weight is 275 g/mol. The van der Waals surface area contributed by atoms with Crippen LogP contribution in [0.2, 0.25) is 0 Å². The van der Waals surface area contributed by atoms with Gasteiger partial charge in [-0.3, -0.25) is 14.6 Å². The van der Waals surface area contributed by atoms with Crippen molar-refractivity contribution < 1.29 is 4.74 Å². The summed E-state index contributed by atoms with van der Waals surface area (Å²) in [6.45, 7) is 4.94. The Bertz CT molecular complexity index is 549. The third-order valence-electron chi connectivity index (χ3n) is 3.14. The highest BCUT2D eigenvalue weighted by atomic mass is 16.5. The van der Waals surface area contributed by atoms with E-state index in [1.807, 2.05) is 18.7 Å². The van der Waals surface area contributed by atoms with Gasteiger partial charge < -0.3 is 10.1 Å². The zero-order valence-corrected chi connectivity index (χ0v) is 12.4. The second-order valence-electron chi connectivity index (χ2n) is 4.69. The fourth-order valence-electron chi connectivity index (χ4n) is 2.09. The third-order valence-corrected chi connectivity index (χ3v) is 3.14. The second-order valence-corrected chi connectivity index (χ2v) is 4.69. The van der Waals surface area contributed by atoms with Crippen molar-refractivity contribution in [3.8, 4) is 5.75 Å². The van der Waals surface area contributed by atoms with Gasteiger partial charge in [0.05, 0.1) is 36.9 Å². The highest BCUT2D eigenvalue weighted by Crippen LogP contribution is 2.28. The van der Waals surface area contributed by atoms with Crippen molar-refractivity contribution in [2.45, 2.75) is 26.3 Å². The predicted molar refractivity (Wildman–Crippen MR) is 76.7 cm³/mol. The van der Waals surface area contributed by atoms with Gasteiger partial charge in [0, 0.05) is 13.2 Å². The van der Waals surface area contributed by atoms with Crippen LogP contribution in [0.15, 0.2) is 18.6 Å². The van der Waals surface area contributed by atoms with E-state index in [1.165, 1.54) is 0 Å². The maximum Gasteiger partial charge on any atom is 0.161 e. The van der Waals surface area contributed by atoms with Crippen molar-refractivity contribution in [1.82, 2.24) is 25.1 Å². The van der Waals surface area contributed by atoms with Crippen molar-refractivity contribution in [1.29, 1.82) is 0 Å². The van der Waals surface area contributed by atoms with Gasteiger partial charge in [0.1, 0.15) is 5.69 Å². The maximum absolute atomic E-state index is 5.40. The highest BCUT2D eigenvalue weighted by molar-refractivity contribution is 5.33. The molecule has 0 amide bonds. The molecule has 1 N–H and O–H groups in total. The van der Waals surface area contributed by atoms with Gasteiger partial charge in [-0.25, -0.2) is 0 Å². The van der Waals surface area contributed by atoms with Crippen LogP contribution in [-0.4, -0.2) is 33.4 Å². The summed E-state index contributed by atoms with van der Waals surface area (Å²) in [6, 6.07) is -0.0782. The van der Waals surface area contributed by atoms with E-state index in [0.29, 0.717) is 0 Å². The Labute approximate surface area is 119 Å². The molecule has 0 bridgehead atoms. The minimum Gasteiger partial charge on any atom is -0.493 e. The van der Waals surface area contributed by atoms with E-state index in [1.54, 1.807) is 25.7 Å². The molecule has 20 heavy (non-hydrogen) atoms. The molecular formula is C14H21N5O. The summed E-state index contributed by atoms with van der Waals surface area (Å²) in [5, 5.41) is 7.74. The number of rotatable bonds is 6. The van der Waals surface area contributed by atoms with Crippen LogP contribution in [0.3, 0.4) is 0 Å². The van der Waals surface area contributed by atoms with E-state index in [4.69, 9.17) is 4.74 Å². The topological polar surface area (TPSA) is 64.9 Å². The average Bonchev–Trinajstić information content (AvgIpc) is 2.82. The largest absolute Gasteiger partial charge is 0.493 e. The number of hydrogen-bond donors (Lipinski definition) is 1. The first kappa shape index (κ1) is 14.5. The number of ether oxygens (including phenoxy) is 1. The van der Waals surface area contributed by atoms with Crippen molar-refractivity contribution in [2.24, 2.45) is 7.05 Å². The molecule has 2 heterocycles. The Morgan fingerprint density at radius 1 is 1.30 bits per heavy atom. The quantitative estimate of drug-likeness (QED) is 0.867. The lowest BCUT2D eigenvalue weighted by Gasteiger charge is -2.19. The Morgan fingerprint density at radius 2 is 2.10 bits per heavy atom. The molecule has 0 aliphatic rings. The molecule has 1 unspecified atom stereocenters. The molecule has 6 nitrogen and oxygen atoms in total. The summed E-state index contributed by atoms with van der Waals surface area (Å²) in [5.41, 5.74) is 2.73.